The van der Waals surface area contributed by atoms with Gasteiger partial charge in [-0.15, -0.1) is 0 Å². The van der Waals surface area contributed by atoms with Gasteiger partial charge in [0, 0.05) is 26.2 Å². The fourth-order valence-electron chi connectivity index (χ4n) is 2.75. The summed E-state index contributed by atoms with van der Waals surface area (Å²) in [5.41, 5.74) is 6.80. The van der Waals surface area contributed by atoms with E-state index < -0.39 is 4.92 Å². The van der Waals surface area contributed by atoms with Crippen LogP contribution in [0.25, 0.3) is 0 Å². The number of aryl methyl sites for hydroxylation is 1. The number of ether oxygens (including phenoxy) is 1. The number of carbonyl (C=O) groups excluding carboxylic acids is 1. The molecule has 0 bridgehead atoms. The van der Waals surface area contributed by atoms with Crippen molar-refractivity contribution in [3.8, 4) is 0 Å². The molecule has 1 atom stereocenters. The zero-order valence-corrected chi connectivity index (χ0v) is 13.6. The Morgan fingerprint density at radius 1 is 1.43 bits per heavy atom. The fraction of sp³-hybridized carbons (Fsp3) is 0.533. The number of rotatable bonds is 4. The first-order valence-electron chi connectivity index (χ1n) is 7.46. The van der Waals surface area contributed by atoms with Crippen LogP contribution in [0.4, 0.5) is 17.1 Å². The van der Waals surface area contributed by atoms with Crippen molar-refractivity contribution in [3.05, 3.63) is 27.8 Å². The Morgan fingerprint density at radius 2 is 2.04 bits per heavy atom. The summed E-state index contributed by atoms with van der Waals surface area (Å²) in [6.45, 7) is 6.22. The lowest BCUT2D eigenvalue weighted by molar-refractivity contribution is -0.383. The minimum Gasteiger partial charge on any atom is -0.393 e. The van der Waals surface area contributed by atoms with E-state index >= 15 is 0 Å². The minimum atomic E-state index is -0.540. The van der Waals surface area contributed by atoms with E-state index in [1.165, 1.54) is 17.0 Å². The summed E-state index contributed by atoms with van der Waals surface area (Å²) in [5, 5.41) is 11.1. The standard InChI is InChI=1S/C15H22N4O4/c1-10-8-12(16)14(19(21)22)9-13(10)17(3)15(20)11(2)18-4-6-23-7-5-18/h8-9,11H,4-7,16H2,1-3H3/t11-/m0/s1. The predicted molar refractivity (Wildman–Crippen MR) is 87.5 cm³/mol. The third kappa shape index (κ3) is 3.59. The zero-order chi connectivity index (χ0) is 17.1. The van der Waals surface area contributed by atoms with E-state index in [0.717, 1.165) is 5.56 Å². The lowest BCUT2D eigenvalue weighted by Crippen LogP contribution is -2.50. The van der Waals surface area contributed by atoms with Gasteiger partial charge in [-0.3, -0.25) is 19.8 Å². The van der Waals surface area contributed by atoms with Crippen molar-refractivity contribution < 1.29 is 14.5 Å². The molecule has 0 aromatic heterocycles. The van der Waals surface area contributed by atoms with Crippen molar-refractivity contribution >= 4 is 23.0 Å². The van der Waals surface area contributed by atoms with Crippen molar-refractivity contribution in [1.82, 2.24) is 4.90 Å². The molecule has 0 spiro atoms. The zero-order valence-electron chi connectivity index (χ0n) is 13.6. The number of anilines is 2. The number of hydrogen-bond donors (Lipinski definition) is 1. The Balaban J connectivity index is 2.24. The Kier molecular flexibility index (Phi) is 5.17. The fourth-order valence-corrected chi connectivity index (χ4v) is 2.75. The molecule has 23 heavy (non-hydrogen) atoms. The third-order valence-electron chi connectivity index (χ3n) is 4.18. The number of morpholine rings is 1. The normalized spacial score (nSPS) is 16.8. The van der Waals surface area contributed by atoms with Crippen LogP contribution in [0.5, 0.6) is 0 Å². The molecule has 1 aliphatic rings. The van der Waals surface area contributed by atoms with E-state index in [1.54, 1.807) is 14.0 Å². The van der Waals surface area contributed by atoms with Crippen LogP contribution in [-0.4, -0.2) is 55.1 Å². The maximum absolute atomic E-state index is 12.7. The maximum atomic E-state index is 12.7. The average molecular weight is 322 g/mol. The first-order valence-corrected chi connectivity index (χ1v) is 7.46. The van der Waals surface area contributed by atoms with Gasteiger partial charge in [-0.1, -0.05) is 0 Å². The number of nitrogen functional groups attached to an aromatic ring is 1. The molecule has 2 N–H and O–H groups in total. The number of likely N-dealkylation sites (N-methyl/N-ethyl adjacent to an activating group) is 1. The molecule has 126 valence electrons. The second-order valence-corrected chi connectivity index (χ2v) is 5.68. The SMILES string of the molecule is Cc1cc(N)c([N+](=O)[O-])cc1N(C)C(=O)[C@H](C)N1CCOCC1. The number of nitro benzene ring substituents is 1. The van der Waals surface area contributed by atoms with Crippen LogP contribution in [0.1, 0.15) is 12.5 Å². The summed E-state index contributed by atoms with van der Waals surface area (Å²) in [7, 11) is 1.63. The molecule has 1 fully saturated rings. The number of nitrogens with zero attached hydrogens (tertiary/aromatic N) is 3. The number of carbonyl (C=O) groups is 1. The summed E-state index contributed by atoms with van der Waals surface area (Å²) < 4.78 is 5.29. The van der Waals surface area contributed by atoms with Crippen LogP contribution in [-0.2, 0) is 9.53 Å². The summed E-state index contributed by atoms with van der Waals surface area (Å²) in [4.78, 5) is 26.7. The number of amides is 1. The second kappa shape index (κ2) is 6.93. The summed E-state index contributed by atoms with van der Waals surface area (Å²) in [6, 6.07) is 2.56. The molecule has 8 heteroatoms. The second-order valence-electron chi connectivity index (χ2n) is 5.68. The van der Waals surface area contributed by atoms with Crippen molar-refractivity contribution in [2.75, 3.05) is 44.0 Å². The lowest BCUT2D eigenvalue weighted by Gasteiger charge is -2.33. The minimum absolute atomic E-state index is 0.0957. The highest BCUT2D eigenvalue weighted by Gasteiger charge is 2.28. The highest BCUT2D eigenvalue weighted by molar-refractivity contribution is 5.97. The van der Waals surface area contributed by atoms with Crippen molar-refractivity contribution in [2.24, 2.45) is 0 Å². The van der Waals surface area contributed by atoms with Crippen LogP contribution in [0, 0.1) is 17.0 Å². The largest absolute Gasteiger partial charge is 0.393 e. The van der Waals surface area contributed by atoms with E-state index in [4.69, 9.17) is 10.5 Å². The van der Waals surface area contributed by atoms with Crippen LogP contribution < -0.4 is 10.6 Å². The Bertz CT molecular complexity index is 614. The molecule has 0 radical (unpaired) electrons. The first-order chi connectivity index (χ1) is 10.8. The van der Waals surface area contributed by atoms with E-state index in [1.807, 2.05) is 11.8 Å². The van der Waals surface area contributed by atoms with Gasteiger partial charge in [0.2, 0.25) is 5.91 Å². The van der Waals surface area contributed by atoms with E-state index in [-0.39, 0.29) is 23.3 Å². The lowest BCUT2D eigenvalue weighted by atomic mass is 10.1. The molecule has 2 rings (SSSR count). The molecule has 0 aliphatic carbocycles. The predicted octanol–water partition coefficient (Wildman–Crippen LogP) is 1.17. The highest BCUT2D eigenvalue weighted by Crippen LogP contribution is 2.31. The summed E-state index contributed by atoms with van der Waals surface area (Å²) >= 11 is 0. The van der Waals surface area contributed by atoms with Crippen molar-refractivity contribution in [3.63, 3.8) is 0 Å². The highest BCUT2D eigenvalue weighted by atomic mass is 16.6. The Morgan fingerprint density at radius 3 is 2.61 bits per heavy atom. The van der Waals surface area contributed by atoms with Gasteiger partial charge >= 0.3 is 0 Å². The van der Waals surface area contributed by atoms with Gasteiger partial charge in [-0.2, -0.15) is 0 Å². The molecule has 1 amide bonds. The maximum Gasteiger partial charge on any atom is 0.294 e. The number of hydrogen-bond acceptors (Lipinski definition) is 6. The van der Waals surface area contributed by atoms with Crippen LogP contribution in [0.2, 0.25) is 0 Å². The van der Waals surface area contributed by atoms with Gasteiger partial charge in [0.1, 0.15) is 5.69 Å². The number of benzene rings is 1. The van der Waals surface area contributed by atoms with Crippen LogP contribution in [0.15, 0.2) is 12.1 Å². The van der Waals surface area contributed by atoms with Gasteiger partial charge in [0.15, 0.2) is 0 Å². The molecule has 1 heterocycles. The first kappa shape index (κ1) is 17.2. The Hall–Kier alpha value is -2.19. The summed E-state index contributed by atoms with van der Waals surface area (Å²) in [6.07, 6.45) is 0. The van der Waals surface area contributed by atoms with E-state index in [2.05, 4.69) is 0 Å². The molecule has 0 unspecified atom stereocenters. The van der Waals surface area contributed by atoms with Crippen LogP contribution in [0.3, 0.4) is 0 Å². The third-order valence-corrected chi connectivity index (χ3v) is 4.18. The molecular formula is C15H22N4O4. The molecule has 8 nitrogen and oxygen atoms in total. The molecule has 1 aliphatic heterocycles. The number of nitro groups is 1. The number of nitrogens with two attached hydrogens (primary N) is 1. The van der Waals surface area contributed by atoms with Gasteiger partial charge in [-0.25, -0.2) is 0 Å². The molecule has 1 saturated heterocycles. The molecule has 1 aromatic rings. The van der Waals surface area contributed by atoms with Crippen molar-refractivity contribution in [2.45, 2.75) is 19.9 Å². The van der Waals surface area contributed by atoms with E-state index in [0.29, 0.717) is 32.0 Å². The van der Waals surface area contributed by atoms with Gasteiger partial charge < -0.3 is 15.4 Å². The van der Waals surface area contributed by atoms with Crippen LogP contribution >= 0.6 is 0 Å². The van der Waals surface area contributed by atoms with Gasteiger partial charge in [0.05, 0.1) is 29.9 Å². The average Bonchev–Trinajstić information content (AvgIpc) is 2.53. The summed E-state index contributed by atoms with van der Waals surface area (Å²) in [5.74, 6) is -0.117. The Labute approximate surface area is 134 Å². The quantitative estimate of drug-likeness (QED) is 0.507. The molecular weight excluding hydrogens is 300 g/mol. The van der Waals surface area contributed by atoms with Gasteiger partial charge in [0.25, 0.3) is 5.69 Å². The topological polar surface area (TPSA) is 102 Å². The van der Waals surface area contributed by atoms with Crippen molar-refractivity contribution in [1.29, 1.82) is 0 Å². The molecule has 0 saturated carbocycles. The monoisotopic (exact) mass is 322 g/mol. The van der Waals surface area contributed by atoms with E-state index in [9.17, 15) is 14.9 Å². The van der Waals surface area contributed by atoms with Gasteiger partial charge in [-0.05, 0) is 25.5 Å². The smallest absolute Gasteiger partial charge is 0.294 e. The molecule has 1 aromatic carbocycles.